The van der Waals surface area contributed by atoms with Crippen LogP contribution in [0.4, 0.5) is 5.82 Å². The molecule has 198 valence electrons. The van der Waals surface area contributed by atoms with Gasteiger partial charge in [-0.2, -0.15) is 10.2 Å². The Bertz CT molecular complexity index is 1520. The summed E-state index contributed by atoms with van der Waals surface area (Å²) < 4.78 is 42.5. The van der Waals surface area contributed by atoms with Crippen molar-refractivity contribution in [2.24, 2.45) is 0 Å². The molecule has 1 fully saturated rings. The van der Waals surface area contributed by atoms with Crippen LogP contribution in [0.5, 0.6) is 0 Å². The molecule has 5 N–H and O–H groups in total. The number of aromatic nitrogens is 3. The van der Waals surface area contributed by atoms with E-state index < -0.39 is 53.2 Å². The van der Waals surface area contributed by atoms with E-state index in [0.29, 0.717) is 16.8 Å². The highest BCUT2D eigenvalue weighted by Crippen LogP contribution is 2.39. The van der Waals surface area contributed by atoms with Crippen molar-refractivity contribution in [3.63, 3.8) is 0 Å². The fourth-order valence-corrected chi connectivity index (χ4v) is 7.56. The van der Waals surface area contributed by atoms with Crippen LogP contribution in [-0.2, 0) is 19.1 Å². The summed E-state index contributed by atoms with van der Waals surface area (Å²) in [6.07, 6.45) is -4.46. The predicted octanol–water partition coefficient (Wildman–Crippen LogP) is 1.30. The van der Waals surface area contributed by atoms with Gasteiger partial charge in [0.2, 0.25) is 5.28 Å². The molecule has 3 aromatic rings. The van der Waals surface area contributed by atoms with E-state index in [9.17, 15) is 23.2 Å². The quantitative estimate of drug-likeness (QED) is 0.191. The van der Waals surface area contributed by atoms with E-state index in [4.69, 9.17) is 31.4 Å². The highest BCUT2D eigenvalue weighted by Gasteiger charge is 2.46. The van der Waals surface area contributed by atoms with Crippen molar-refractivity contribution >= 4 is 45.9 Å². The molecule has 1 aliphatic heterocycles. The SMILES string of the molecule is C[C@@H](Nc1nc(Cl)nc2c1ccn2[C@@H]1O[C@H](CS(=O)(=O)CP(=O)(O)O)[C@@H](O)[C@H]1O)c1cccc(C#N)c1. The Kier molecular flexibility index (Phi) is 7.62. The monoisotopic (exact) mass is 571 g/mol. The van der Waals surface area contributed by atoms with Gasteiger partial charge in [0.1, 0.15) is 29.8 Å². The Labute approximate surface area is 216 Å². The molecular formula is C21H23ClN5O8PS. The molecule has 37 heavy (non-hydrogen) atoms. The normalized spacial score (nSPS) is 23.2. The maximum Gasteiger partial charge on any atom is 0.340 e. The Hall–Kier alpha value is -2.60. The third-order valence-corrected chi connectivity index (χ3v) is 9.73. The second-order valence-corrected chi connectivity index (χ2v) is 13.2. The van der Waals surface area contributed by atoms with Crippen LogP contribution >= 0.6 is 19.2 Å². The number of nitrogens with one attached hydrogen (secondary N) is 1. The number of rotatable bonds is 8. The molecule has 0 radical (unpaired) electrons. The second kappa shape index (κ2) is 10.3. The maximum atomic E-state index is 12.2. The van der Waals surface area contributed by atoms with Gasteiger partial charge in [0.05, 0.1) is 28.8 Å². The molecule has 0 spiro atoms. The smallest absolute Gasteiger partial charge is 0.340 e. The Balaban J connectivity index is 1.61. The molecule has 13 nitrogen and oxygen atoms in total. The van der Waals surface area contributed by atoms with Gasteiger partial charge in [0, 0.05) is 6.20 Å². The number of fused-ring (bicyclic) bond motifs is 1. The molecule has 0 unspecified atom stereocenters. The first-order chi connectivity index (χ1) is 17.3. The van der Waals surface area contributed by atoms with E-state index in [1.165, 1.54) is 10.8 Å². The highest BCUT2D eigenvalue weighted by atomic mass is 35.5. The standard InChI is InChI=1S/C21H23ClN5O8PS/c1-11(13-4-2-3-12(7-13)8-23)24-18-14-5-6-27(19(14)26-21(22)25-18)20-17(29)16(28)15(35-20)9-37(33,34)10-36(30,31)32/h2-7,11,15-17,20,28-29H,9-10H2,1H3,(H,24,25,26)(H2,30,31,32)/t11-,15-,16-,17-,20-/m1/s1. The fraction of sp³-hybridized carbons (Fsp3) is 0.381. The average Bonchev–Trinajstić information content (AvgIpc) is 3.33. The lowest BCUT2D eigenvalue weighted by molar-refractivity contribution is -0.0288. The molecule has 0 saturated carbocycles. The summed E-state index contributed by atoms with van der Waals surface area (Å²) in [5, 5.41) is 33.7. The molecule has 1 saturated heterocycles. The summed E-state index contributed by atoms with van der Waals surface area (Å²) in [6.45, 7) is 1.86. The van der Waals surface area contributed by atoms with Gasteiger partial charge < -0.3 is 34.6 Å². The molecule has 3 heterocycles. The number of aliphatic hydroxyl groups is 2. The van der Waals surface area contributed by atoms with Gasteiger partial charge >= 0.3 is 7.60 Å². The van der Waals surface area contributed by atoms with Crippen molar-refractivity contribution in [3.05, 3.63) is 52.9 Å². The summed E-state index contributed by atoms with van der Waals surface area (Å²) >= 11 is 6.15. The summed E-state index contributed by atoms with van der Waals surface area (Å²) in [7, 11) is -9.19. The molecule has 4 rings (SSSR count). The van der Waals surface area contributed by atoms with E-state index in [1.807, 2.05) is 13.0 Å². The van der Waals surface area contributed by atoms with E-state index in [0.717, 1.165) is 5.56 Å². The van der Waals surface area contributed by atoms with Crippen LogP contribution in [0.3, 0.4) is 0 Å². The highest BCUT2D eigenvalue weighted by molar-refractivity contribution is 7.97. The summed E-state index contributed by atoms with van der Waals surface area (Å²) in [4.78, 5) is 26.5. The Morgan fingerprint density at radius 1 is 1.27 bits per heavy atom. The van der Waals surface area contributed by atoms with Gasteiger partial charge in [-0.1, -0.05) is 12.1 Å². The van der Waals surface area contributed by atoms with Gasteiger partial charge in [-0.05, 0) is 42.3 Å². The molecular weight excluding hydrogens is 549 g/mol. The number of sulfone groups is 1. The van der Waals surface area contributed by atoms with Crippen molar-refractivity contribution in [1.82, 2.24) is 14.5 Å². The number of nitriles is 1. The van der Waals surface area contributed by atoms with Crippen molar-refractivity contribution < 1.29 is 37.7 Å². The number of ether oxygens (including phenoxy) is 1. The van der Waals surface area contributed by atoms with Crippen LogP contribution in [0, 0.1) is 11.3 Å². The lowest BCUT2D eigenvalue weighted by atomic mass is 10.1. The summed E-state index contributed by atoms with van der Waals surface area (Å²) in [5.74, 6) is -0.564. The topological polar surface area (TPSA) is 208 Å². The number of halogens is 1. The number of hydrogen-bond acceptors (Lipinski definition) is 10. The minimum Gasteiger partial charge on any atom is -0.387 e. The minimum absolute atomic E-state index is 0.137. The van der Waals surface area contributed by atoms with Crippen LogP contribution in [0.2, 0.25) is 5.28 Å². The number of anilines is 1. The second-order valence-electron chi connectivity index (χ2n) is 8.66. The third-order valence-electron chi connectivity index (χ3n) is 5.81. The minimum atomic E-state index is -4.87. The fourth-order valence-electron chi connectivity index (χ4n) is 4.14. The molecule has 5 atom stereocenters. The first kappa shape index (κ1) is 27.4. The molecule has 0 bridgehead atoms. The molecule has 1 aromatic carbocycles. The van der Waals surface area contributed by atoms with Gasteiger partial charge in [-0.25, -0.2) is 13.4 Å². The lowest BCUT2D eigenvalue weighted by Crippen LogP contribution is -2.35. The van der Waals surface area contributed by atoms with Crippen molar-refractivity contribution in [2.45, 2.75) is 37.5 Å². The lowest BCUT2D eigenvalue weighted by Gasteiger charge is -2.19. The number of nitrogens with zero attached hydrogens (tertiary/aromatic N) is 4. The van der Waals surface area contributed by atoms with Crippen LogP contribution in [0.15, 0.2) is 36.5 Å². The van der Waals surface area contributed by atoms with Crippen LogP contribution in [0.1, 0.15) is 30.3 Å². The summed E-state index contributed by atoms with van der Waals surface area (Å²) in [5.41, 5.74) is 0.118. The largest absolute Gasteiger partial charge is 0.387 e. The first-order valence-corrected chi connectivity index (χ1v) is 14.8. The summed E-state index contributed by atoms with van der Waals surface area (Å²) in [6, 6.07) is 10.4. The van der Waals surface area contributed by atoms with E-state index in [2.05, 4.69) is 21.4 Å². The van der Waals surface area contributed by atoms with Gasteiger partial charge in [-0.3, -0.25) is 4.57 Å². The van der Waals surface area contributed by atoms with Crippen LogP contribution in [0.25, 0.3) is 11.0 Å². The first-order valence-electron chi connectivity index (χ1n) is 10.9. The van der Waals surface area contributed by atoms with Crippen molar-refractivity contribution in [3.8, 4) is 6.07 Å². The zero-order valence-corrected chi connectivity index (χ0v) is 21.7. The number of benzene rings is 1. The Morgan fingerprint density at radius 2 is 2.00 bits per heavy atom. The number of aliphatic hydroxyl groups excluding tert-OH is 2. The van der Waals surface area contributed by atoms with E-state index in [1.54, 1.807) is 24.3 Å². The van der Waals surface area contributed by atoms with Crippen molar-refractivity contribution in [2.75, 3.05) is 16.6 Å². The van der Waals surface area contributed by atoms with Crippen LogP contribution in [-0.4, -0.2) is 72.5 Å². The maximum absolute atomic E-state index is 12.2. The van der Waals surface area contributed by atoms with Gasteiger partial charge in [-0.15, -0.1) is 0 Å². The molecule has 1 aliphatic rings. The van der Waals surface area contributed by atoms with Gasteiger partial charge in [0.15, 0.2) is 21.6 Å². The molecule has 16 heteroatoms. The number of hydrogen-bond donors (Lipinski definition) is 5. The molecule has 2 aromatic heterocycles. The van der Waals surface area contributed by atoms with Crippen LogP contribution < -0.4 is 5.32 Å². The van der Waals surface area contributed by atoms with Gasteiger partial charge in [0.25, 0.3) is 0 Å². The predicted molar refractivity (Wildman–Crippen MR) is 132 cm³/mol. The van der Waals surface area contributed by atoms with E-state index >= 15 is 0 Å². The van der Waals surface area contributed by atoms with Crippen molar-refractivity contribution in [1.29, 1.82) is 5.26 Å². The molecule has 0 amide bonds. The third kappa shape index (κ3) is 6.11. The van der Waals surface area contributed by atoms with E-state index in [-0.39, 0.29) is 17.0 Å². The Morgan fingerprint density at radius 3 is 2.68 bits per heavy atom. The average molecular weight is 572 g/mol. The zero-order chi connectivity index (χ0) is 27.1. The molecule has 0 aliphatic carbocycles. The zero-order valence-electron chi connectivity index (χ0n) is 19.2.